The molecule has 0 aliphatic rings. The fourth-order valence-electron chi connectivity index (χ4n) is 2.24. The maximum atomic E-state index is 12.2. The number of carbonyl (C=O) groups excluding carboxylic acids is 1. The van der Waals surface area contributed by atoms with Gasteiger partial charge in [-0.3, -0.25) is 4.79 Å². The summed E-state index contributed by atoms with van der Waals surface area (Å²) in [4.78, 5) is 13.8. The van der Waals surface area contributed by atoms with Crippen LogP contribution in [0.2, 0.25) is 0 Å². The second-order valence-electron chi connectivity index (χ2n) is 5.46. The predicted molar refractivity (Wildman–Crippen MR) is 93.1 cm³/mol. The third-order valence-electron chi connectivity index (χ3n) is 3.51. The third-order valence-corrected chi connectivity index (χ3v) is 3.51. The predicted octanol–water partition coefficient (Wildman–Crippen LogP) is 3.67. The Morgan fingerprint density at radius 3 is 2.67 bits per heavy atom. The lowest BCUT2D eigenvalue weighted by Crippen LogP contribution is -2.30. The molecule has 0 saturated carbocycles. The second kappa shape index (κ2) is 8.24. The van der Waals surface area contributed by atoms with Gasteiger partial charge in [0.15, 0.2) is 18.1 Å². The number of hydrogen-bond acceptors (Lipinski definition) is 4. The first kappa shape index (κ1) is 17.7. The van der Waals surface area contributed by atoms with E-state index in [0.717, 1.165) is 17.1 Å². The van der Waals surface area contributed by atoms with Gasteiger partial charge in [-0.1, -0.05) is 18.2 Å². The quantitative estimate of drug-likeness (QED) is 0.778. The Morgan fingerprint density at radius 2 is 2.04 bits per heavy atom. The number of rotatable bonds is 7. The summed E-state index contributed by atoms with van der Waals surface area (Å²) >= 11 is 0. The molecule has 0 unspecified atom stereocenters. The zero-order valence-electron chi connectivity index (χ0n) is 14.5. The van der Waals surface area contributed by atoms with Gasteiger partial charge in [-0.15, -0.1) is 0 Å². The van der Waals surface area contributed by atoms with E-state index in [9.17, 15) is 4.79 Å². The number of nitrogens with zero attached hydrogens (tertiary/aromatic N) is 1. The lowest BCUT2D eigenvalue weighted by molar-refractivity contribution is -0.132. The van der Waals surface area contributed by atoms with Crippen molar-refractivity contribution in [2.75, 3.05) is 20.8 Å². The van der Waals surface area contributed by atoms with Gasteiger partial charge in [-0.05, 0) is 43.7 Å². The van der Waals surface area contributed by atoms with Crippen LogP contribution >= 0.6 is 0 Å². The van der Waals surface area contributed by atoms with Crippen molar-refractivity contribution in [1.82, 2.24) is 4.90 Å². The highest BCUT2D eigenvalue weighted by molar-refractivity contribution is 5.77. The fraction of sp³-hybridized carbons (Fsp3) is 0.316. The summed E-state index contributed by atoms with van der Waals surface area (Å²) < 4.78 is 16.4. The standard InChI is InChI=1S/C19H23NO4/c1-5-6-15-8-10-17(18(11-15)22-4)23-13-19(21)20(3)12-16-9-7-14(2)24-16/h5-11H,12-13H2,1-4H3/b6-5+. The van der Waals surface area contributed by atoms with E-state index in [4.69, 9.17) is 13.9 Å². The van der Waals surface area contributed by atoms with E-state index in [1.165, 1.54) is 0 Å². The molecule has 0 spiro atoms. The number of likely N-dealkylation sites (N-methyl/N-ethyl adjacent to an activating group) is 1. The number of furan rings is 1. The number of aryl methyl sites for hydroxylation is 1. The van der Waals surface area contributed by atoms with Crippen molar-refractivity contribution in [1.29, 1.82) is 0 Å². The number of benzene rings is 1. The largest absolute Gasteiger partial charge is 0.493 e. The summed E-state index contributed by atoms with van der Waals surface area (Å²) in [6.07, 6.45) is 3.92. The van der Waals surface area contributed by atoms with Crippen LogP contribution in [0.5, 0.6) is 11.5 Å². The van der Waals surface area contributed by atoms with Gasteiger partial charge in [0.1, 0.15) is 11.5 Å². The van der Waals surface area contributed by atoms with E-state index in [-0.39, 0.29) is 12.5 Å². The molecule has 1 aromatic heterocycles. The lowest BCUT2D eigenvalue weighted by atomic mass is 10.2. The Kier molecular flexibility index (Phi) is 6.07. The molecule has 1 heterocycles. The topological polar surface area (TPSA) is 51.9 Å². The molecule has 0 atom stereocenters. The summed E-state index contributed by atoms with van der Waals surface area (Å²) in [6, 6.07) is 9.33. The van der Waals surface area contributed by atoms with Gasteiger partial charge in [-0.25, -0.2) is 0 Å². The Hall–Kier alpha value is -2.69. The van der Waals surface area contributed by atoms with Crippen molar-refractivity contribution in [3.63, 3.8) is 0 Å². The molecule has 24 heavy (non-hydrogen) atoms. The van der Waals surface area contributed by atoms with Gasteiger partial charge in [0.25, 0.3) is 5.91 Å². The van der Waals surface area contributed by atoms with Crippen molar-refractivity contribution in [3.8, 4) is 11.5 Å². The smallest absolute Gasteiger partial charge is 0.260 e. The Balaban J connectivity index is 1.95. The highest BCUT2D eigenvalue weighted by atomic mass is 16.5. The molecule has 0 aliphatic heterocycles. The Bertz CT molecular complexity index is 718. The van der Waals surface area contributed by atoms with Crippen LogP contribution in [-0.2, 0) is 11.3 Å². The van der Waals surface area contributed by atoms with Crippen LogP contribution in [0.3, 0.4) is 0 Å². The van der Waals surface area contributed by atoms with E-state index in [1.807, 2.05) is 50.3 Å². The molecule has 5 nitrogen and oxygen atoms in total. The van der Waals surface area contributed by atoms with Crippen LogP contribution in [0.15, 0.2) is 40.8 Å². The van der Waals surface area contributed by atoms with Gasteiger partial charge in [0, 0.05) is 7.05 Å². The molecule has 0 N–H and O–H groups in total. The van der Waals surface area contributed by atoms with Crippen LogP contribution in [0.25, 0.3) is 6.08 Å². The van der Waals surface area contributed by atoms with Crippen LogP contribution < -0.4 is 9.47 Å². The molecule has 0 fully saturated rings. The zero-order valence-corrected chi connectivity index (χ0v) is 14.5. The monoisotopic (exact) mass is 329 g/mol. The van der Waals surface area contributed by atoms with Gasteiger partial charge >= 0.3 is 0 Å². The first-order valence-electron chi connectivity index (χ1n) is 7.76. The molecule has 128 valence electrons. The van der Waals surface area contributed by atoms with Gasteiger partial charge in [-0.2, -0.15) is 0 Å². The summed E-state index contributed by atoms with van der Waals surface area (Å²) in [5, 5.41) is 0. The van der Waals surface area contributed by atoms with Crippen LogP contribution in [0.4, 0.5) is 0 Å². The molecule has 0 saturated heterocycles. The van der Waals surface area contributed by atoms with E-state index < -0.39 is 0 Å². The minimum atomic E-state index is -0.136. The first-order valence-corrected chi connectivity index (χ1v) is 7.76. The molecule has 2 aromatic rings. The van der Waals surface area contributed by atoms with Crippen molar-refractivity contribution < 1.29 is 18.7 Å². The molecular formula is C19H23NO4. The van der Waals surface area contributed by atoms with E-state index in [0.29, 0.717) is 18.0 Å². The summed E-state index contributed by atoms with van der Waals surface area (Å²) in [6.45, 7) is 4.17. The van der Waals surface area contributed by atoms with Crippen molar-refractivity contribution in [2.45, 2.75) is 20.4 Å². The van der Waals surface area contributed by atoms with E-state index in [1.54, 1.807) is 25.1 Å². The van der Waals surface area contributed by atoms with Gasteiger partial charge < -0.3 is 18.8 Å². The highest BCUT2D eigenvalue weighted by Gasteiger charge is 2.13. The average Bonchev–Trinajstić information content (AvgIpc) is 2.98. The van der Waals surface area contributed by atoms with Gasteiger partial charge in [0.05, 0.1) is 13.7 Å². The second-order valence-corrected chi connectivity index (χ2v) is 5.46. The molecule has 1 amide bonds. The van der Waals surface area contributed by atoms with Gasteiger partial charge in [0.2, 0.25) is 0 Å². The minimum absolute atomic E-state index is 0.0600. The molecule has 0 radical (unpaired) electrons. The molecule has 2 rings (SSSR count). The molecule has 1 aromatic carbocycles. The fourth-order valence-corrected chi connectivity index (χ4v) is 2.24. The van der Waals surface area contributed by atoms with Crippen LogP contribution in [0, 0.1) is 6.92 Å². The number of hydrogen-bond donors (Lipinski definition) is 0. The number of ether oxygens (including phenoxy) is 2. The first-order chi connectivity index (χ1) is 11.5. The highest BCUT2D eigenvalue weighted by Crippen LogP contribution is 2.28. The molecule has 5 heteroatoms. The third kappa shape index (κ3) is 4.65. The number of allylic oxidation sites excluding steroid dienone is 1. The Labute approximate surface area is 142 Å². The molecule has 0 aliphatic carbocycles. The van der Waals surface area contributed by atoms with Crippen molar-refractivity contribution >= 4 is 12.0 Å². The average molecular weight is 329 g/mol. The zero-order chi connectivity index (χ0) is 17.5. The number of carbonyl (C=O) groups is 1. The summed E-state index contributed by atoms with van der Waals surface area (Å²) in [5.74, 6) is 2.58. The summed E-state index contributed by atoms with van der Waals surface area (Å²) in [7, 11) is 3.30. The van der Waals surface area contributed by atoms with E-state index in [2.05, 4.69) is 0 Å². The van der Waals surface area contributed by atoms with Crippen LogP contribution in [0.1, 0.15) is 24.0 Å². The molecule has 0 bridgehead atoms. The number of methoxy groups -OCH3 is 1. The normalized spacial score (nSPS) is 10.8. The summed E-state index contributed by atoms with van der Waals surface area (Å²) in [5.41, 5.74) is 1.01. The Morgan fingerprint density at radius 1 is 1.25 bits per heavy atom. The van der Waals surface area contributed by atoms with E-state index >= 15 is 0 Å². The van der Waals surface area contributed by atoms with Crippen LogP contribution in [-0.4, -0.2) is 31.6 Å². The maximum Gasteiger partial charge on any atom is 0.260 e. The van der Waals surface area contributed by atoms with Crippen molar-refractivity contribution in [3.05, 3.63) is 53.5 Å². The molecular weight excluding hydrogens is 306 g/mol. The minimum Gasteiger partial charge on any atom is -0.493 e. The lowest BCUT2D eigenvalue weighted by Gasteiger charge is -2.17. The maximum absolute atomic E-state index is 12.2. The SMILES string of the molecule is C/C=C/c1ccc(OCC(=O)N(C)Cc2ccc(C)o2)c(OC)c1. The van der Waals surface area contributed by atoms with Crippen molar-refractivity contribution in [2.24, 2.45) is 0 Å². The number of amides is 1.